The predicted molar refractivity (Wildman–Crippen MR) is 83.6 cm³/mol. The van der Waals surface area contributed by atoms with Crippen LogP contribution < -0.4 is 0 Å². The average Bonchev–Trinajstić information content (AvgIpc) is 2.90. The van der Waals surface area contributed by atoms with Gasteiger partial charge < -0.3 is 4.90 Å². The lowest BCUT2D eigenvalue weighted by molar-refractivity contribution is 0.0595. The third-order valence-corrected chi connectivity index (χ3v) is 5.71. The Morgan fingerprint density at radius 1 is 1.15 bits per heavy atom. The normalized spacial score (nSPS) is 20.2. The maximum absolute atomic E-state index is 12.7. The number of thiophene rings is 1. The molecule has 0 unspecified atom stereocenters. The van der Waals surface area contributed by atoms with Gasteiger partial charge in [0.05, 0.1) is 5.56 Å². The minimum atomic E-state index is 0.271. The van der Waals surface area contributed by atoms with Crippen LogP contribution in [0.4, 0.5) is 0 Å². The summed E-state index contributed by atoms with van der Waals surface area (Å²) < 4.78 is 0. The molecule has 3 rings (SSSR count). The predicted octanol–water partition coefficient (Wildman–Crippen LogP) is 2.79. The van der Waals surface area contributed by atoms with Gasteiger partial charge in [-0.1, -0.05) is 0 Å². The molecule has 1 fully saturated rings. The summed E-state index contributed by atoms with van der Waals surface area (Å²) >= 11 is 1.79. The van der Waals surface area contributed by atoms with Crippen LogP contribution in [0.1, 0.15) is 47.5 Å². The molecule has 2 aliphatic rings. The van der Waals surface area contributed by atoms with Gasteiger partial charge in [0.15, 0.2) is 0 Å². The summed E-state index contributed by atoms with van der Waals surface area (Å²) in [4.78, 5) is 18.7. The number of carbonyl (C=O) groups excluding carboxylic acids is 1. The largest absolute Gasteiger partial charge is 0.336 e. The third-order valence-electron chi connectivity index (χ3n) is 4.62. The molecular formula is C16H24N2OS. The van der Waals surface area contributed by atoms with E-state index in [4.69, 9.17) is 0 Å². The van der Waals surface area contributed by atoms with Crippen LogP contribution in [-0.2, 0) is 12.8 Å². The lowest BCUT2D eigenvalue weighted by Gasteiger charge is -2.37. The smallest absolute Gasteiger partial charge is 0.255 e. The van der Waals surface area contributed by atoms with Crippen molar-refractivity contribution < 1.29 is 4.79 Å². The average molecular weight is 292 g/mol. The molecule has 20 heavy (non-hydrogen) atoms. The topological polar surface area (TPSA) is 23.6 Å². The Balaban J connectivity index is 1.69. The highest BCUT2D eigenvalue weighted by molar-refractivity contribution is 7.10. The van der Waals surface area contributed by atoms with E-state index in [1.165, 1.54) is 29.7 Å². The molecule has 110 valence electrons. The molecule has 2 heterocycles. The number of hydrogen-bond donors (Lipinski definition) is 0. The van der Waals surface area contributed by atoms with Gasteiger partial charge in [0.25, 0.3) is 5.91 Å². The molecule has 1 saturated heterocycles. The fourth-order valence-corrected chi connectivity index (χ4v) is 4.40. The van der Waals surface area contributed by atoms with Crippen molar-refractivity contribution in [3.05, 3.63) is 21.4 Å². The molecular weight excluding hydrogens is 268 g/mol. The molecule has 0 N–H and O–H groups in total. The molecule has 1 amide bonds. The van der Waals surface area contributed by atoms with E-state index in [0.717, 1.165) is 38.2 Å². The van der Waals surface area contributed by atoms with Crippen molar-refractivity contribution in [1.29, 1.82) is 0 Å². The molecule has 3 nitrogen and oxygen atoms in total. The number of nitrogens with zero attached hydrogens (tertiary/aromatic N) is 2. The number of aryl methyl sites for hydroxylation is 1. The second-order valence-corrected chi connectivity index (χ2v) is 7.14. The van der Waals surface area contributed by atoms with Crippen molar-refractivity contribution in [2.75, 3.05) is 26.2 Å². The first-order valence-corrected chi connectivity index (χ1v) is 8.67. The zero-order chi connectivity index (χ0) is 14.1. The second kappa shape index (κ2) is 5.86. The van der Waals surface area contributed by atoms with Crippen LogP contribution in [0.25, 0.3) is 0 Å². The highest BCUT2D eigenvalue weighted by atomic mass is 32.1. The van der Waals surface area contributed by atoms with Gasteiger partial charge in [-0.2, -0.15) is 0 Å². The number of carbonyl (C=O) groups is 1. The fourth-order valence-electron chi connectivity index (χ4n) is 3.28. The summed E-state index contributed by atoms with van der Waals surface area (Å²) in [7, 11) is 0. The van der Waals surface area contributed by atoms with Crippen LogP contribution >= 0.6 is 11.3 Å². The standard InChI is InChI=1S/C16H24N2OS/c1-12(2)17-7-9-18(10-8-17)16(19)14-11-20-15-6-4-3-5-13(14)15/h11-12H,3-10H2,1-2H3. The summed E-state index contributed by atoms with van der Waals surface area (Å²) in [5, 5.41) is 2.10. The summed E-state index contributed by atoms with van der Waals surface area (Å²) in [5.74, 6) is 0.271. The maximum Gasteiger partial charge on any atom is 0.255 e. The van der Waals surface area contributed by atoms with E-state index < -0.39 is 0 Å². The SMILES string of the molecule is CC(C)N1CCN(C(=O)c2csc3c2CCCC3)CC1. The zero-order valence-electron chi connectivity index (χ0n) is 12.5. The van der Waals surface area contributed by atoms with Crippen molar-refractivity contribution >= 4 is 17.2 Å². The highest BCUT2D eigenvalue weighted by Crippen LogP contribution is 2.31. The number of rotatable bonds is 2. The Kier molecular flexibility index (Phi) is 4.13. The van der Waals surface area contributed by atoms with Gasteiger partial charge >= 0.3 is 0 Å². The Bertz CT molecular complexity index is 487. The van der Waals surface area contributed by atoms with Gasteiger partial charge in [0, 0.05) is 42.5 Å². The van der Waals surface area contributed by atoms with Gasteiger partial charge in [-0.3, -0.25) is 9.69 Å². The first-order valence-electron chi connectivity index (χ1n) is 7.79. The third kappa shape index (κ3) is 2.63. The van der Waals surface area contributed by atoms with E-state index in [-0.39, 0.29) is 5.91 Å². The molecule has 1 aromatic rings. The summed E-state index contributed by atoms with van der Waals surface area (Å²) in [5.41, 5.74) is 2.36. The minimum absolute atomic E-state index is 0.271. The molecule has 0 bridgehead atoms. The molecule has 1 aliphatic heterocycles. The Morgan fingerprint density at radius 2 is 1.85 bits per heavy atom. The molecule has 0 spiro atoms. The lowest BCUT2D eigenvalue weighted by atomic mass is 9.95. The van der Waals surface area contributed by atoms with Gasteiger partial charge in [0.1, 0.15) is 0 Å². The van der Waals surface area contributed by atoms with E-state index in [1.807, 2.05) is 0 Å². The van der Waals surface area contributed by atoms with Crippen LogP contribution in [0.3, 0.4) is 0 Å². The molecule has 0 saturated carbocycles. The van der Waals surface area contributed by atoms with Crippen LogP contribution in [0.2, 0.25) is 0 Å². The number of piperazine rings is 1. The Morgan fingerprint density at radius 3 is 2.55 bits per heavy atom. The molecule has 0 radical (unpaired) electrons. The van der Waals surface area contributed by atoms with E-state index >= 15 is 0 Å². The first-order chi connectivity index (χ1) is 9.66. The molecule has 1 aliphatic carbocycles. The monoisotopic (exact) mass is 292 g/mol. The maximum atomic E-state index is 12.7. The van der Waals surface area contributed by atoms with Crippen LogP contribution in [0.15, 0.2) is 5.38 Å². The first kappa shape index (κ1) is 14.1. The fraction of sp³-hybridized carbons (Fsp3) is 0.688. The Labute approximate surface area is 125 Å². The van der Waals surface area contributed by atoms with Crippen molar-refractivity contribution in [1.82, 2.24) is 9.80 Å². The molecule has 0 aromatic carbocycles. The van der Waals surface area contributed by atoms with Crippen molar-refractivity contribution in [3.8, 4) is 0 Å². The van der Waals surface area contributed by atoms with Gasteiger partial charge in [-0.15, -0.1) is 11.3 Å². The van der Waals surface area contributed by atoms with Crippen molar-refractivity contribution in [2.45, 2.75) is 45.6 Å². The zero-order valence-corrected chi connectivity index (χ0v) is 13.3. The summed E-state index contributed by atoms with van der Waals surface area (Å²) in [6.07, 6.45) is 4.81. The summed E-state index contributed by atoms with van der Waals surface area (Å²) in [6, 6.07) is 0.584. The van der Waals surface area contributed by atoms with Crippen LogP contribution in [-0.4, -0.2) is 47.9 Å². The van der Waals surface area contributed by atoms with Crippen molar-refractivity contribution in [2.24, 2.45) is 0 Å². The van der Waals surface area contributed by atoms with Gasteiger partial charge in [-0.25, -0.2) is 0 Å². The lowest BCUT2D eigenvalue weighted by Crippen LogP contribution is -2.50. The summed E-state index contributed by atoms with van der Waals surface area (Å²) in [6.45, 7) is 8.23. The van der Waals surface area contributed by atoms with E-state index in [2.05, 4.69) is 29.0 Å². The number of amides is 1. The van der Waals surface area contributed by atoms with Gasteiger partial charge in [-0.05, 0) is 45.1 Å². The van der Waals surface area contributed by atoms with Crippen molar-refractivity contribution in [3.63, 3.8) is 0 Å². The van der Waals surface area contributed by atoms with E-state index in [0.29, 0.717) is 6.04 Å². The number of fused-ring (bicyclic) bond motifs is 1. The van der Waals surface area contributed by atoms with E-state index in [1.54, 1.807) is 11.3 Å². The second-order valence-electron chi connectivity index (χ2n) is 6.18. The van der Waals surface area contributed by atoms with E-state index in [9.17, 15) is 4.79 Å². The molecule has 4 heteroatoms. The molecule has 1 aromatic heterocycles. The minimum Gasteiger partial charge on any atom is -0.336 e. The van der Waals surface area contributed by atoms with Crippen LogP contribution in [0.5, 0.6) is 0 Å². The van der Waals surface area contributed by atoms with Crippen LogP contribution in [0, 0.1) is 0 Å². The Hall–Kier alpha value is -0.870. The highest BCUT2D eigenvalue weighted by Gasteiger charge is 2.27. The number of hydrogen-bond acceptors (Lipinski definition) is 3. The molecule has 0 atom stereocenters. The van der Waals surface area contributed by atoms with Gasteiger partial charge in [0.2, 0.25) is 0 Å². The quantitative estimate of drug-likeness (QED) is 0.837.